The second-order valence-corrected chi connectivity index (χ2v) is 4.66. The molecule has 0 heterocycles. The van der Waals surface area contributed by atoms with Crippen LogP contribution in [0, 0.1) is 11.6 Å². The first kappa shape index (κ1) is 15.3. The minimum absolute atomic E-state index is 0.0215. The fourth-order valence-corrected chi connectivity index (χ4v) is 2.11. The number of hydrogen-bond donors (Lipinski definition) is 1. The number of hydrogen-bond acceptors (Lipinski definition) is 3. The van der Waals surface area contributed by atoms with Crippen LogP contribution in [0.5, 0.6) is 11.5 Å². The van der Waals surface area contributed by atoms with E-state index in [-0.39, 0.29) is 12.0 Å². The molecular formula is C16H17F2NO2. The Kier molecular flexibility index (Phi) is 4.75. The molecule has 112 valence electrons. The molecule has 2 aromatic rings. The van der Waals surface area contributed by atoms with E-state index < -0.39 is 17.7 Å². The van der Waals surface area contributed by atoms with Crippen LogP contribution in [0.2, 0.25) is 0 Å². The Morgan fingerprint density at radius 1 is 1.00 bits per heavy atom. The highest BCUT2D eigenvalue weighted by Gasteiger charge is 2.16. The van der Waals surface area contributed by atoms with Gasteiger partial charge in [0.1, 0.15) is 23.1 Å². The molecule has 0 spiro atoms. The maximum atomic E-state index is 13.7. The van der Waals surface area contributed by atoms with E-state index in [1.807, 2.05) is 0 Å². The van der Waals surface area contributed by atoms with Crippen molar-refractivity contribution < 1.29 is 18.3 Å². The van der Waals surface area contributed by atoms with E-state index in [1.165, 1.54) is 32.4 Å². The Morgan fingerprint density at radius 3 is 2.00 bits per heavy atom. The van der Waals surface area contributed by atoms with Crippen molar-refractivity contribution in [2.75, 3.05) is 14.2 Å². The molecule has 1 atom stereocenters. The Balaban J connectivity index is 2.30. The zero-order valence-electron chi connectivity index (χ0n) is 11.9. The SMILES string of the molecule is COc1cc(OC)cc(C(N)Cc2c(F)cccc2F)c1. The first-order valence-corrected chi connectivity index (χ1v) is 6.46. The van der Waals surface area contributed by atoms with Gasteiger partial charge in [0, 0.05) is 17.7 Å². The average Bonchev–Trinajstić information content (AvgIpc) is 2.50. The van der Waals surface area contributed by atoms with Crippen molar-refractivity contribution in [1.29, 1.82) is 0 Å². The second-order valence-electron chi connectivity index (χ2n) is 4.66. The maximum Gasteiger partial charge on any atom is 0.129 e. The number of benzene rings is 2. The van der Waals surface area contributed by atoms with E-state index in [0.29, 0.717) is 17.1 Å². The summed E-state index contributed by atoms with van der Waals surface area (Å²) in [6.45, 7) is 0. The van der Waals surface area contributed by atoms with E-state index in [0.717, 1.165) is 0 Å². The molecule has 0 bridgehead atoms. The van der Waals surface area contributed by atoms with Crippen LogP contribution in [0.3, 0.4) is 0 Å². The standard InChI is InChI=1S/C16H17F2NO2/c1-20-11-6-10(7-12(8-11)21-2)16(19)9-13-14(17)4-3-5-15(13)18/h3-8,16H,9,19H2,1-2H3. The predicted molar refractivity (Wildman–Crippen MR) is 76.5 cm³/mol. The molecule has 2 rings (SSSR count). The number of nitrogens with two attached hydrogens (primary N) is 1. The van der Waals surface area contributed by atoms with Gasteiger partial charge >= 0.3 is 0 Å². The number of ether oxygens (including phenoxy) is 2. The van der Waals surface area contributed by atoms with Crippen LogP contribution in [0.1, 0.15) is 17.2 Å². The molecule has 5 heteroatoms. The maximum absolute atomic E-state index is 13.7. The molecule has 0 aliphatic rings. The lowest BCUT2D eigenvalue weighted by Crippen LogP contribution is -2.15. The van der Waals surface area contributed by atoms with Crippen molar-refractivity contribution in [2.24, 2.45) is 5.73 Å². The lowest BCUT2D eigenvalue weighted by Gasteiger charge is -2.15. The van der Waals surface area contributed by atoms with Gasteiger partial charge in [-0.2, -0.15) is 0 Å². The summed E-state index contributed by atoms with van der Waals surface area (Å²) in [6, 6.07) is 8.36. The van der Waals surface area contributed by atoms with Gasteiger partial charge in [0.2, 0.25) is 0 Å². The van der Waals surface area contributed by atoms with Gasteiger partial charge in [0.25, 0.3) is 0 Å². The van der Waals surface area contributed by atoms with Crippen LogP contribution in [0.15, 0.2) is 36.4 Å². The molecule has 0 aliphatic carbocycles. The molecule has 0 saturated heterocycles. The molecular weight excluding hydrogens is 276 g/mol. The lowest BCUT2D eigenvalue weighted by atomic mass is 9.98. The van der Waals surface area contributed by atoms with Gasteiger partial charge in [-0.05, 0) is 36.2 Å². The predicted octanol–water partition coefficient (Wildman–Crippen LogP) is 3.22. The molecule has 0 aromatic heterocycles. The summed E-state index contributed by atoms with van der Waals surface area (Å²) in [7, 11) is 3.06. The summed E-state index contributed by atoms with van der Waals surface area (Å²) in [5.41, 5.74) is 6.73. The normalized spacial score (nSPS) is 12.0. The largest absolute Gasteiger partial charge is 0.497 e. The highest BCUT2D eigenvalue weighted by molar-refractivity contribution is 5.40. The summed E-state index contributed by atoms with van der Waals surface area (Å²) in [6.07, 6.45) is 0.0504. The molecule has 21 heavy (non-hydrogen) atoms. The van der Waals surface area contributed by atoms with Gasteiger partial charge in [-0.3, -0.25) is 0 Å². The molecule has 1 unspecified atom stereocenters. The highest BCUT2D eigenvalue weighted by atomic mass is 19.1. The van der Waals surface area contributed by atoms with Crippen molar-refractivity contribution in [3.05, 3.63) is 59.2 Å². The summed E-state index contributed by atoms with van der Waals surface area (Å²) in [5, 5.41) is 0. The zero-order valence-corrected chi connectivity index (χ0v) is 11.9. The van der Waals surface area contributed by atoms with Gasteiger partial charge in [0.15, 0.2) is 0 Å². The van der Waals surface area contributed by atoms with Gasteiger partial charge in [0.05, 0.1) is 14.2 Å². The van der Waals surface area contributed by atoms with Gasteiger partial charge in [-0.25, -0.2) is 8.78 Å². The van der Waals surface area contributed by atoms with Crippen LogP contribution in [0.4, 0.5) is 8.78 Å². The molecule has 0 saturated carbocycles. The fourth-order valence-electron chi connectivity index (χ4n) is 2.11. The molecule has 2 N–H and O–H groups in total. The van der Waals surface area contributed by atoms with Crippen molar-refractivity contribution in [1.82, 2.24) is 0 Å². The van der Waals surface area contributed by atoms with Crippen LogP contribution in [-0.4, -0.2) is 14.2 Å². The van der Waals surface area contributed by atoms with Crippen LogP contribution < -0.4 is 15.2 Å². The summed E-state index contributed by atoms with van der Waals surface area (Å²) >= 11 is 0. The van der Waals surface area contributed by atoms with Crippen LogP contribution in [0.25, 0.3) is 0 Å². The number of methoxy groups -OCH3 is 2. The molecule has 0 fully saturated rings. The highest BCUT2D eigenvalue weighted by Crippen LogP contribution is 2.28. The lowest BCUT2D eigenvalue weighted by molar-refractivity contribution is 0.392. The Hall–Kier alpha value is -2.14. The van der Waals surface area contributed by atoms with E-state index >= 15 is 0 Å². The first-order valence-electron chi connectivity index (χ1n) is 6.46. The Labute approximate surface area is 122 Å². The zero-order chi connectivity index (χ0) is 15.4. The van der Waals surface area contributed by atoms with Crippen molar-refractivity contribution >= 4 is 0 Å². The monoisotopic (exact) mass is 293 g/mol. The summed E-state index contributed by atoms with van der Waals surface area (Å²) in [5.74, 6) is -0.0387. The smallest absolute Gasteiger partial charge is 0.129 e. The average molecular weight is 293 g/mol. The van der Waals surface area contributed by atoms with Crippen LogP contribution in [-0.2, 0) is 6.42 Å². The topological polar surface area (TPSA) is 44.5 Å². The summed E-state index contributed by atoms with van der Waals surface area (Å²) < 4.78 is 37.7. The molecule has 0 amide bonds. The third kappa shape index (κ3) is 3.49. The number of halogens is 2. The van der Waals surface area contributed by atoms with Gasteiger partial charge in [-0.15, -0.1) is 0 Å². The molecule has 0 aliphatic heterocycles. The van der Waals surface area contributed by atoms with Gasteiger partial charge < -0.3 is 15.2 Å². The number of rotatable bonds is 5. The summed E-state index contributed by atoms with van der Waals surface area (Å²) in [4.78, 5) is 0. The Bertz CT molecular complexity index is 589. The quantitative estimate of drug-likeness (QED) is 0.920. The van der Waals surface area contributed by atoms with E-state index in [1.54, 1.807) is 18.2 Å². The third-order valence-electron chi connectivity index (χ3n) is 3.29. The molecule has 3 nitrogen and oxygen atoms in total. The van der Waals surface area contributed by atoms with Gasteiger partial charge in [-0.1, -0.05) is 6.07 Å². The van der Waals surface area contributed by atoms with E-state index in [9.17, 15) is 8.78 Å². The minimum Gasteiger partial charge on any atom is -0.497 e. The third-order valence-corrected chi connectivity index (χ3v) is 3.29. The van der Waals surface area contributed by atoms with E-state index in [4.69, 9.17) is 15.2 Å². The molecule has 2 aromatic carbocycles. The fraction of sp³-hybridized carbons (Fsp3) is 0.250. The Morgan fingerprint density at radius 2 is 1.52 bits per heavy atom. The second kappa shape index (κ2) is 6.54. The molecule has 0 radical (unpaired) electrons. The van der Waals surface area contributed by atoms with Crippen molar-refractivity contribution in [2.45, 2.75) is 12.5 Å². The first-order chi connectivity index (χ1) is 10.0. The van der Waals surface area contributed by atoms with Crippen molar-refractivity contribution in [3.8, 4) is 11.5 Å². The van der Waals surface area contributed by atoms with E-state index in [2.05, 4.69) is 0 Å². The van der Waals surface area contributed by atoms with Crippen LogP contribution >= 0.6 is 0 Å². The minimum atomic E-state index is -0.597. The van der Waals surface area contributed by atoms with Crippen molar-refractivity contribution in [3.63, 3.8) is 0 Å².